The second-order valence-electron chi connectivity index (χ2n) is 5.26. The number of rotatable bonds is 6. The highest BCUT2D eigenvalue weighted by atomic mass is 16.2. The standard InChI is InChI=1S/C12H26N2O/c1-5-8-14(9-6-7-13)11(15)10-12(2,3)4/h5-10,13H2,1-4H3. The Bertz CT molecular complexity index is 185. The number of carbonyl (C=O) groups is 1. The molecule has 0 bridgehead atoms. The SMILES string of the molecule is CCCN(CCCN)C(=O)CC(C)(C)C. The summed E-state index contributed by atoms with van der Waals surface area (Å²) in [4.78, 5) is 13.9. The van der Waals surface area contributed by atoms with E-state index in [9.17, 15) is 4.79 Å². The van der Waals surface area contributed by atoms with Gasteiger partial charge in [-0.05, 0) is 24.8 Å². The highest BCUT2D eigenvalue weighted by molar-refractivity contribution is 5.76. The van der Waals surface area contributed by atoms with Gasteiger partial charge in [0.05, 0.1) is 0 Å². The molecule has 0 atom stereocenters. The molecule has 0 heterocycles. The molecule has 0 rings (SSSR count). The predicted molar refractivity (Wildman–Crippen MR) is 64.6 cm³/mol. The minimum atomic E-state index is 0.0752. The van der Waals surface area contributed by atoms with Crippen LogP contribution in [0.15, 0.2) is 0 Å². The molecule has 3 nitrogen and oxygen atoms in total. The first-order valence-electron chi connectivity index (χ1n) is 5.88. The minimum absolute atomic E-state index is 0.0752. The van der Waals surface area contributed by atoms with Gasteiger partial charge in [0.25, 0.3) is 0 Å². The van der Waals surface area contributed by atoms with Gasteiger partial charge in [-0.15, -0.1) is 0 Å². The Balaban J connectivity index is 4.15. The molecule has 90 valence electrons. The van der Waals surface area contributed by atoms with E-state index in [0.717, 1.165) is 25.9 Å². The van der Waals surface area contributed by atoms with E-state index in [2.05, 4.69) is 27.7 Å². The molecule has 0 aromatic carbocycles. The molecule has 0 radical (unpaired) electrons. The molecule has 3 heteroatoms. The van der Waals surface area contributed by atoms with Crippen LogP contribution in [0, 0.1) is 5.41 Å². The van der Waals surface area contributed by atoms with E-state index in [1.54, 1.807) is 0 Å². The van der Waals surface area contributed by atoms with Gasteiger partial charge < -0.3 is 10.6 Å². The molecular formula is C12H26N2O. The number of amides is 1. The molecule has 2 N–H and O–H groups in total. The van der Waals surface area contributed by atoms with Crippen molar-refractivity contribution in [2.24, 2.45) is 11.1 Å². The van der Waals surface area contributed by atoms with Gasteiger partial charge >= 0.3 is 0 Å². The number of nitrogens with two attached hydrogens (primary N) is 1. The van der Waals surface area contributed by atoms with E-state index in [1.807, 2.05) is 4.90 Å². The summed E-state index contributed by atoms with van der Waals surface area (Å²) in [7, 11) is 0. The van der Waals surface area contributed by atoms with Crippen LogP contribution in [-0.4, -0.2) is 30.4 Å². The number of nitrogens with zero attached hydrogens (tertiary/aromatic N) is 1. The monoisotopic (exact) mass is 214 g/mol. The predicted octanol–water partition coefficient (Wildman–Crippen LogP) is 2.01. The topological polar surface area (TPSA) is 46.3 Å². The summed E-state index contributed by atoms with van der Waals surface area (Å²) in [5.74, 6) is 0.262. The highest BCUT2D eigenvalue weighted by Crippen LogP contribution is 2.19. The van der Waals surface area contributed by atoms with Crippen molar-refractivity contribution in [3.05, 3.63) is 0 Å². The zero-order valence-corrected chi connectivity index (χ0v) is 10.7. The average Bonchev–Trinajstić information content (AvgIpc) is 2.09. The van der Waals surface area contributed by atoms with Gasteiger partial charge in [0.15, 0.2) is 0 Å². The molecule has 1 amide bonds. The van der Waals surface area contributed by atoms with Crippen LogP contribution < -0.4 is 5.73 Å². The number of hydrogen-bond donors (Lipinski definition) is 1. The molecule has 0 unspecified atom stereocenters. The molecule has 0 aliphatic rings. The van der Waals surface area contributed by atoms with E-state index in [-0.39, 0.29) is 11.3 Å². The zero-order chi connectivity index (χ0) is 11.9. The van der Waals surface area contributed by atoms with Crippen LogP contribution in [0.4, 0.5) is 0 Å². The van der Waals surface area contributed by atoms with Gasteiger partial charge in [0.2, 0.25) is 5.91 Å². The molecule has 0 saturated carbocycles. The molecule has 0 aromatic heterocycles. The molecule has 15 heavy (non-hydrogen) atoms. The van der Waals surface area contributed by atoms with E-state index in [0.29, 0.717) is 13.0 Å². The summed E-state index contributed by atoms with van der Waals surface area (Å²) in [6.45, 7) is 10.7. The maximum absolute atomic E-state index is 11.9. The van der Waals surface area contributed by atoms with Gasteiger partial charge in [-0.3, -0.25) is 4.79 Å². The first-order valence-corrected chi connectivity index (χ1v) is 5.88. The van der Waals surface area contributed by atoms with Crippen LogP contribution >= 0.6 is 0 Å². The zero-order valence-electron chi connectivity index (χ0n) is 10.7. The summed E-state index contributed by atoms with van der Waals surface area (Å²) in [5.41, 5.74) is 5.54. The smallest absolute Gasteiger partial charge is 0.223 e. The van der Waals surface area contributed by atoms with Crippen LogP contribution in [0.5, 0.6) is 0 Å². The fraction of sp³-hybridized carbons (Fsp3) is 0.917. The van der Waals surface area contributed by atoms with E-state index in [4.69, 9.17) is 5.73 Å². The summed E-state index contributed by atoms with van der Waals surface area (Å²) in [6.07, 6.45) is 2.54. The van der Waals surface area contributed by atoms with Crippen molar-refractivity contribution in [3.63, 3.8) is 0 Å². The van der Waals surface area contributed by atoms with Crippen molar-refractivity contribution in [2.75, 3.05) is 19.6 Å². The Morgan fingerprint density at radius 3 is 2.27 bits per heavy atom. The fourth-order valence-corrected chi connectivity index (χ4v) is 1.48. The van der Waals surface area contributed by atoms with Crippen LogP contribution in [-0.2, 0) is 4.79 Å². The molecule has 0 aliphatic heterocycles. The molecular weight excluding hydrogens is 188 g/mol. The first kappa shape index (κ1) is 14.4. The van der Waals surface area contributed by atoms with Crippen molar-refractivity contribution in [3.8, 4) is 0 Å². The van der Waals surface area contributed by atoms with Crippen LogP contribution in [0.3, 0.4) is 0 Å². The number of hydrogen-bond acceptors (Lipinski definition) is 2. The second-order valence-corrected chi connectivity index (χ2v) is 5.26. The molecule has 0 aliphatic carbocycles. The number of carbonyl (C=O) groups excluding carboxylic acids is 1. The lowest BCUT2D eigenvalue weighted by Crippen LogP contribution is -2.35. The maximum Gasteiger partial charge on any atom is 0.223 e. The first-order chi connectivity index (χ1) is 6.90. The van der Waals surface area contributed by atoms with E-state index < -0.39 is 0 Å². The highest BCUT2D eigenvalue weighted by Gasteiger charge is 2.20. The van der Waals surface area contributed by atoms with Gasteiger partial charge in [0.1, 0.15) is 0 Å². The van der Waals surface area contributed by atoms with Crippen LogP contribution in [0.25, 0.3) is 0 Å². The molecule has 0 spiro atoms. The third-order valence-corrected chi connectivity index (χ3v) is 2.16. The molecule has 0 fully saturated rings. The Hall–Kier alpha value is -0.570. The minimum Gasteiger partial charge on any atom is -0.343 e. The van der Waals surface area contributed by atoms with E-state index >= 15 is 0 Å². The van der Waals surface area contributed by atoms with Gasteiger partial charge in [-0.2, -0.15) is 0 Å². The average molecular weight is 214 g/mol. The Morgan fingerprint density at radius 1 is 1.27 bits per heavy atom. The summed E-state index contributed by atoms with van der Waals surface area (Å²) >= 11 is 0. The van der Waals surface area contributed by atoms with Crippen molar-refractivity contribution in [1.82, 2.24) is 4.90 Å². The lowest BCUT2D eigenvalue weighted by molar-refractivity contribution is -0.133. The fourth-order valence-electron chi connectivity index (χ4n) is 1.48. The maximum atomic E-state index is 11.9. The van der Waals surface area contributed by atoms with Crippen LogP contribution in [0.1, 0.15) is 47.0 Å². The van der Waals surface area contributed by atoms with Crippen molar-refractivity contribution in [1.29, 1.82) is 0 Å². The molecule has 0 saturated heterocycles. The molecule has 0 aromatic rings. The second kappa shape index (κ2) is 6.83. The quantitative estimate of drug-likeness (QED) is 0.735. The van der Waals surface area contributed by atoms with Gasteiger partial charge in [0, 0.05) is 19.5 Å². The summed E-state index contributed by atoms with van der Waals surface area (Å²) in [6, 6.07) is 0. The largest absolute Gasteiger partial charge is 0.343 e. The van der Waals surface area contributed by atoms with Crippen LogP contribution in [0.2, 0.25) is 0 Å². The third kappa shape index (κ3) is 7.37. The third-order valence-electron chi connectivity index (χ3n) is 2.16. The van der Waals surface area contributed by atoms with Gasteiger partial charge in [-0.25, -0.2) is 0 Å². The van der Waals surface area contributed by atoms with Crippen molar-refractivity contribution >= 4 is 5.91 Å². The Morgan fingerprint density at radius 2 is 1.87 bits per heavy atom. The van der Waals surface area contributed by atoms with Gasteiger partial charge in [-0.1, -0.05) is 27.7 Å². The Kier molecular flexibility index (Phi) is 6.57. The van der Waals surface area contributed by atoms with E-state index in [1.165, 1.54) is 0 Å². The summed E-state index contributed by atoms with van der Waals surface area (Å²) in [5, 5.41) is 0. The van der Waals surface area contributed by atoms with Crippen molar-refractivity contribution < 1.29 is 4.79 Å². The van der Waals surface area contributed by atoms with Crippen molar-refractivity contribution in [2.45, 2.75) is 47.0 Å². The lowest BCUT2D eigenvalue weighted by Gasteiger charge is -2.26. The lowest BCUT2D eigenvalue weighted by atomic mass is 9.91. The Labute approximate surface area is 94.0 Å². The normalized spacial score (nSPS) is 11.5. The summed E-state index contributed by atoms with van der Waals surface area (Å²) < 4.78 is 0.